The Balaban J connectivity index is 2.08. The summed E-state index contributed by atoms with van der Waals surface area (Å²) < 4.78 is 0. The predicted molar refractivity (Wildman–Crippen MR) is 73.2 cm³/mol. The standard InChI is InChI=1S/C14H21N3O/c1-3-16-8-10-17(11-9-16)14(15-18)13-6-4-12(2)5-7-13/h4-7,18H,3,8-11H2,1-2H3/b15-14-. The normalized spacial score (nSPS) is 18.1. The van der Waals surface area contributed by atoms with Crippen molar-refractivity contribution in [3.05, 3.63) is 35.4 Å². The number of aryl methyl sites for hydroxylation is 1. The Bertz CT molecular complexity index is 406. The number of hydrogen-bond acceptors (Lipinski definition) is 3. The van der Waals surface area contributed by atoms with Crippen molar-refractivity contribution in [3.8, 4) is 0 Å². The van der Waals surface area contributed by atoms with Gasteiger partial charge in [0.25, 0.3) is 0 Å². The van der Waals surface area contributed by atoms with Gasteiger partial charge in [-0.25, -0.2) is 0 Å². The number of nitrogens with zero attached hydrogens (tertiary/aromatic N) is 3. The maximum absolute atomic E-state index is 9.26. The Kier molecular flexibility index (Phi) is 4.20. The first kappa shape index (κ1) is 12.9. The van der Waals surface area contributed by atoms with Gasteiger partial charge in [-0.2, -0.15) is 0 Å². The largest absolute Gasteiger partial charge is 0.409 e. The van der Waals surface area contributed by atoms with Crippen LogP contribution in [-0.4, -0.2) is 53.6 Å². The van der Waals surface area contributed by atoms with E-state index >= 15 is 0 Å². The Labute approximate surface area is 109 Å². The fourth-order valence-electron chi connectivity index (χ4n) is 2.28. The molecule has 18 heavy (non-hydrogen) atoms. The number of amidine groups is 1. The Morgan fingerprint density at radius 1 is 1.17 bits per heavy atom. The molecule has 1 aliphatic rings. The summed E-state index contributed by atoms with van der Waals surface area (Å²) in [6.07, 6.45) is 0. The second-order valence-corrected chi connectivity index (χ2v) is 4.71. The molecule has 0 bridgehead atoms. The van der Waals surface area contributed by atoms with Crippen LogP contribution in [0.5, 0.6) is 0 Å². The van der Waals surface area contributed by atoms with Crippen LogP contribution in [0.25, 0.3) is 0 Å². The fourth-order valence-corrected chi connectivity index (χ4v) is 2.28. The second kappa shape index (κ2) is 5.87. The molecule has 1 saturated heterocycles. The molecule has 4 nitrogen and oxygen atoms in total. The van der Waals surface area contributed by atoms with Gasteiger partial charge in [-0.1, -0.05) is 41.9 Å². The summed E-state index contributed by atoms with van der Waals surface area (Å²) >= 11 is 0. The molecule has 0 radical (unpaired) electrons. The van der Waals surface area contributed by atoms with Gasteiger partial charge in [-0.3, -0.25) is 0 Å². The maximum atomic E-state index is 9.26. The van der Waals surface area contributed by atoms with Crippen molar-refractivity contribution in [2.75, 3.05) is 32.7 Å². The van der Waals surface area contributed by atoms with E-state index in [0.717, 1.165) is 38.3 Å². The number of likely N-dealkylation sites (N-methyl/N-ethyl adjacent to an activating group) is 1. The Hall–Kier alpha value is -1.55. The van der Waals surface area contributed by atoms with Crippen LogP contribution in [0.15, 0.2) is 29.4 Å². The third kappa shape index (κ3) is 2.82. The third-order valence-electron chi connectivity index (χ3n) is 3.52. The van der Waals surface area contributed by atoms with Crippen molar-refractivity contribution in [1.82, 2.24) is 9.80 Å². The highest BCUT2D eigenvalue weighted by molar-refractivity contribution is 5.98. The summed E-state index contributed by atoms with van der Waals surface area (Å²) in [7, 11) is 0. The van der Waals surface area contributed by atoms with E-state index in [9.17, 15) is 5.21 Å². The van der Waals surface area contributed by atoms with Gasteiger partial charge in [-0.05, 0) is 13.5 Å². The van der Waals surface area contributed by atoms with Crippen molar-refractivity contribution < 1.29 is 5.21 Å². The zero-order chi connectivity index (χ0) is 13.0. The van der Waals surface area contributed by atoms with Crippen LogP contribution in [0.1, 0.15) is 18.1 Å². The fraction of sp³-hybridized carbons (Fsp3) is 0.500. The molecule has 2 rings (SSSR count). The van der Waals surface area contributed by atoms with E-state index < -0.39 is 0 Å². The average molecular weight is 247 g/mol. The molecule has 0 spiro atoms. The molecule has 1 heterocycles. The molecular weight excluding hydrogens is 226 g/mol. The summed E-state index contributed by atoms with van der Waals surface area (Å²) in [6.45, 7) is 9.21. The van der Waals surface area contributed by atoms with Crippen molar-refractivity contribution >= 4 is 5.84 Å². The Morgan fingerprint density at radius 3 is 2.28 bits per heavy atom. The number of rotatable bonds is 2. The highest BCUT2D eigenvalue weighted by atomic mass is 16.4. The smallest absolute Gasteiger partial charge is 0.175 e. The topological polar surface area (TPSA) is 39.1 Å². The van der Waals surface area contributed by atoms with Crippen LogP contribution in [0.4, 0.5) is 0 Å². The molecule has 0 atom stereocenters. The molecule has 1 aliphatic heterocycles. The number of oxime groups is 1. The number of piperazine rings is 1. The average Bonchev–Trinajstić information content (AvgIpc) is 2.42. The quantitative estimate of drug-likeness (QED) is 0.375. The molecule has 4 heteroatoms. The van der Waals surface area contributed by atoms with E-state index in [1.165, 1.54) is 5.56 Å². The van der Waals surface area contributed by atoms with Gasteiger partial charge in [0.15, 0.2) is 5.84 Å². The zero-order valence-electron chi connectivity index (χ0n) is 11.1. The lowest BCUT2D eigenvalue weighted by molar-refractivity contribution is 0.185. The lowest BCUT2D eigenvalue weighted by Crippen LogP contribution is -2.48. The molecule has 1 aromatic rings. The summed E-state index contributed by atoms with van der Waals surface area (Å²) in [5.74, 6) is 0.686. The molecule has 0 aromatic heterocycles. The van der Waals surface area contributed by atoms with E-state index in [0.29, 0.717) is 5.84 Å². The van der Waals surface area contributed by atoms with E-state index in [2.05, 4.69) is 28.8 Å². The third-order valence-corrected chi connectivity index (χ3v) is 3.52. The van der Waals surface area contributed by atoms with Gasteiger partial charge >= 0.3 is 0 Å². The SMILES string of the molecule is CCN1CCN(/C(=N\O)c2ccc(C)cc2)CC1. The first-order valence-corrected chi connectivity index (χ1v) is 6.51. The van der Waals surface area contributed by atoms with Gasteiger partial charge in [0.1, 0.15) is 0 Å². The van der Waals surface area contributed by atoms with Gasteiger partial charge < -0.3 is 15.0 Å². The second-order valence-electron chi connectivity index (χ2n) is 4.71. The summed E-state index contributed by atoms with van der Waals surface area (Å²) in [6, 6.07) is 8.11. The molecule has 1 N–H and O–H groups in total. The minimum Gasteiger partial charge on any atom is -0.409 e. The molecule has 0 aliphatic carbocycles. The minimum atomic E-state index is 0.686. The molecule has 0 unspecified atom stereocenters. The van der Waals surface area contributed by atoms with Crippen molar-refractivity contribution in [2.24, 2.45) is 5.16 Å². The summed E-state index contributed by atoms with van der Waals surface area (Å²) in [4.78, 5) is 4.55. The highest BCUT2D eigenvalue weighted by Crippen LogP contribution is 2.11. The van der Waals surface area contributed by atoms with E-state index in [4.69, 9.17) is 0 Å². The van der Waals surface area contributed by atoms with Crippen LogP contribution < -0.4 is 0 Å². The van der Waals surface area contributed by atoms with Crippen LogP contribution in [0.2, 0.25) is 0 Å². The molecule has 1 fully saturated rings. The molecule has 0 amide bonds. The van der Waals surface area contributed by atoms with Gasteiger partial charge in [0.2, 0.25) is 0 Å². The molecule has 1 aromatic carbocycles. The molecular formula is C14H21N3O. The van der Waals surface area contributed by atoms with Crippen LogP contribution >= 0.6 is 0 Å². The maximum Gasteiger partial charge on any atom is 0.175 e. The van der Waals surface area contributed by atoms with E-state index in [-0.39, 0.29) is 0 Å². The van der Waals surface area contributed by atoms with Gasteiger partial charge in [0.05, 0.1) is 0 Å². The highest BCUT2D eigenvalue weighted by Gasteiger charge is 2.20. The van der Waals surface area contributed by atoms with Crippen LogP contribution in [0.3, 0.4) is 0 Å². The van der Waals surface area contributed by atoms with Crippen molar-refractivity contribution in [3.63, 3.8) is 0 Å². The predicted octanol–water partition coefficient (Wildman–Crippen LogP) is 1.77. The molecule has 0 saturated carbocycles. The summed E-state index contributed by atoms with van der Waals surface area (Å²) in [5.41, 5.74) is 2.19. The Morgan fingerprint density at radius 2 is 1.78 bits per heavy atom. The zero-order valence-corrected chi connectivity index (χ0v) is 11.1. The van der Waals surface area contributed by atoms with E-state index in [1.807, 2.05) is 24.3 Å². The first-order valence-electron chi connectivity index (χ1n) is 6.51. The lowest BCUT2D eigenvalue weighted by atomic mass is 10.1. The monoisotopic (exact) mass is 247 g/mol. The van der Waals surface area contributed by atoms with Crippen LogP contribution in [0, 0.1) is 6.92 Å². The van der Waals surface area contributed by atoms with Gasteiger partial charge in [-0.15, -0.1) is 0 Å². The molecule has 98 valence electrons. The van der Waals surface area contributed by atoms with E-state index in [1.54, 1.807) is 0 Å². The number of hydrogen-bond donors (Lipinski definition) is 1. The van der Waals surface area contributed by atoms with Crippen LogP contribution in [-0.2, 0) is 0 Å². The first-order chi connectivity index (χ1) is 8.74. The minimum absolute atomic E-state index is 0.686. The van der Waals surface area contributed by atoms with Gasteiger partial charge in [0, 0.05) is 31.7 Å². The summed E-state index contributed by atoms with van der Waals surface area (Å²) in [5, 5.41) is 12.7. The number of benzene rings is 1. The van der Waals surface area contributed by atoms with Crippen molar-refractivity contribution in [1.29, 1.82) is 0 Å². The van der Waals surface area contributed by atoms with Crippen molar-refractivity contribution in [2.45, 2.75) is 13.8 Å². The lowest BCUT2D eigenvalue weighted by Gasteiger charge is -2.35.